The molecule has 6 aromatic rings. The van der Waals surface area contributed by atoms with Gasteiger partial charge in [0, 0.05) is 17.6 Å². The van der Waals surface area contributed by atoms with E-state index in [4.69, 9.17) is 4.98 Å². The van der Waals surface area contributed by atoms with Crippen molar-refractivity contribution in [1.82, 2.24) is 4.98 Å². The second-order valence-corrected chi connectivity index (χ2v) is 9.62. The molecule has 5 aromatic carbocycles. The van der Waals surface area contributed by atoms with E-state index in [2.05, 4.69) is 144 Å². The number of para-hydroxylation sites is 1. The fourth-order valence-electron chi connectivity index (χ4n) is 6.05. The molecule has 0 amide bonds. The standard InChI is InChI=1S/C36H26N2/c1-4-14-27(15-5-1)36(28-16-6-2-7-17-28)33-21-11-10-20-31(33)32-24-23-30(26-34(32)36)38(29-18-8-3-9-19-29)35-22-12-13-25-37-35/h1-26H. The number of rotatable bonds is 5. The van der Waals surface area contributed by atoms with E-state index in [9.17, 15) is 0 Å². The van der Waals surface area contributed by atoms with E-state index in [0.717, 1.165) is 17.2 Å². The van der Waals surface area contributed by atoms with Crippen molar-refractivity contribution in [2.45, 2.75) is 5.41 Å². The molecular weight excluding hydrogens is 460 g/mol. The van der Waals surface area contributed by atoms with Crippen LogP contribution in [0, 0.1) is 0 Å². The van der Waals surface area contributed by atoms with Crippen molar-refractivity contribution in [3.8, 4) is 11.1 Å². The molecule has 0 spiro atoms. The summed E-state index contributed by atoms with van der Waals surface area (Å²) >= 11 is 0. The zero-order valence-electron chi connectivity index (χ0n) is 20.9. The summed E-state index contributed by atoms with van der Waals surface area (Å²) in [5.74, 6) is 0.888. The minimum Gasteiger partial charge on any atom is -0.295 e. The van der Waals surface area contributed by atoms with E-state index in [0.29, 0.717) is 0 Å². The van der Waals surface area contributed by atoms with Gasteiger partial charge >= 0.3 is 0 Å². The third-order valence-electron chi connectivity index (χ3n) is 7.59. The molecule has 7 rings (SSSR count). The van der Waals surface area contributed by atoms with E-state index in [1.807, 2.05) is 18.3 Å². The average molecular weight is 487 g/mol. The summed E-state index contributed by atoms with van der Waals surface area (Å²) < 4.78 is 0. The van der Waals surface area contributed by atoms with Crippen molar-refractivity contribution in [3.05, 3.63) is 180 Å². The topological polar surface area (TPSA) is 16.1 Å². The predicted octanol–water partition coefficient (Wildman–Crippen LogP) is 8.91. The first-order chi connectivity index (χ1) is 18.9. The van der Waals surface area contributed by atoms with Gasteiger partial charge in [-0.15, -0.1) is 0 Å². The molecule has 0 fully saturated rings. The number of anilines is 3. The van der Waals surface area contributed by atoms with Crippen LogP contribution in [0.5, 0.6) is 0 Å². The molecule has 1 aliphatic carbocycles. The highest BCUT2D eigenvalue weighted by atomic mass is 15.2. The molecule has 0 bridgehead atoms. The van der Waals surface area contributed by atoms with Crippen molar-refractivity contribution in [2.24, 2.45) is 0 Å². The monoisotopic (exact) mass is 486 g/mol. The maximum absolute atomic E-state index is 4.74. The molecule has 2 heteroatoms. The highest BCUT2D eigenvalue weighted by Crippen LogP contribution is 2.57. The van der Waals surface area contributed by atoms with Crippen LogP contribution in [0.4, 0.5) is 17.2 Å². The Balaban J connectivity index is 1.55. The van der Waals surface area contributed by atoms with Gasteiger partial charge in [-0.2, -0.15) is 0 Å². The Hall–Kier alpha value is -4.95. The number of nitrogens with zero attached hydrogens (tertiary/aromatic N) is 2. The lowest BCUT2D eigenvalue weighted by molar-refractivity contribution is 0.768. The average Bonchev–Trinajstić information content (AvgIpc) is 3.30. The van der Waals surface area contributed by atoms with E-state index >= 15 is 0 Å². The lowest BCUT2D eigenvalue weighted by atomic mass is 9.67. The van der Waals surface area contributed by atoms with Gasteiger partial charge in [-0.1, -0.05) is 115 Å². The van der Waals surface area contributed by atoms with Crippen molar-refractivity contribution < 1.29 is 0 Å². The normalized spacial score (nSPS) is 12.9. The van der Waals surface area contributed by atoms with E-state index < -0.39 is 5.41 Å². The van der Waals surface area contributed by atoms with Gasteiger partial charge in [-0.05, 0) is 69.8 Å². The number of pyridine rings is 1. The smallest absolute Gasteiger partial charge is 0.137 e. The maximum Gasteiger partial charge on any atom is 0.137 e. The highest BCUT2D eigenvalue weighted by Gasteiger charge is 2.46. The molecule has 1 aromatic heterocycles. The van der Waals surface area contributed by atoms with Crippen molar-refractivity contribution in [3.63, 3.8) is 0 Å². The molecule has 0 saturated heterocycles. The maximum atomic E-state index is 4.74. The van der Waals surface area contributed by atoms with Gasteiger partial charge in [-0.3, -0.25) is 4.90 Å². The lowest BCUT2D eigenvalue weighted by Crippen LogP contribution is -2.28. The Bertz CT molecular complexity index is 1620. The minimum absolute atomic E-state index is 0.434. The number of hydrogen-bond donors (Lipinski definition) is 0. The zero-order chi connectivity index (χ0) is 25.4. The second-order valence-electron chi connectivity index (χ2n) is 9.62. The van der Waals surface area contributed by atoms with Gasteiger partial charge in [0.15, 0.2) is 0 Å². The summed E-state index contributed by atoms with van der Waals surface area (Å²) in [6.07, 6.45) is 1.85. The first kappa shape index (κ1) is 22.3. The first-order valence-electron chi connectivity index (χ1n) is 13.0. The van der Waals surface area contributed by atoms with Crippen LogP contribution in [0.15, 0.2) is 158 Å². The molecule has 0 saturated carbocycles. The second kappa shape index (κ2) is 9.17. The number of benzene rings is 5. The largest absolute Gasteiger partial charge is 0.295 e. The molecular formula is C36H26N2. The lowest BCUT2D eigenvalue weighted by Gasteiger charge is -2.34. The van der Waals surface area contributed by atoms with Crippen LogP contribution in [0.1, 0.15) is 22.3 Å². The highest BCUT2D eigenvalue weighted by molar-refractivity contribution is 5.89. The molecule has 38 heavy (non-hydrogen) atoms. The van der Waals surface area contributed by atoms with Crippen LogP contribution in [0.2, 0.25) is 0 Å². The molecule has 0 unspecified atom stereocenters. The van der Waals surface area contributed by atoms with Crippen LogP contribution in [-0.2, 0) is 5.41 Å². The van der Waals surface area contributed by atoms with Crippen molar-refractivity contribution in [2.75, 3.05) is 4.90 Å². The zero-order valence-corrected chi connectivity index (χ0v) is 20.9. The van der Waals surface area contributed by atoms with E-state index in [1.165, 1.54) is 33.4 Å². The summed E-state index contributed by atoms with van der Waals surface area (Å²) in [7, 11) is 0. The summed E-state index contributed by atoms with van der Waals surface area (Å²) in [5, 5.41) is 0. The Labute approximate surface area is 223 Å². The Morgan fingerprint density at radius 3 is 1.68 bits per heavy atom. The third kappa shape index (κ3) is 3.38. The van der Waals surface area contributed by atoms with Gasteiger partial charge in [0.1, 0.15) is 5.82 Å². The van der Waals surface area contributed by atoms with Crippen LogP contribution < -0.4 is 4.90 Å². The summed E-state index contributed by atoms with van der Waals surface area (Å²) in [4.78, 5) is 6.98. The Morgan fingerprint density at radius 1 is 0.447 bits per heavy atom. The molecule has 0 atom stereocenters. The summed E-state index contributed by atoms with van der Waals surface area (Å²) in [6, 6.07) is 54.1. The third-order valence-corrected chi connectivity index (χ3v) is 7.59. The van der Waals surface area contributed by atoms with E-state index in [1.54, 1.807) is 0 Å². The predicted molar refractivity (Wildman–Crippen MR) is 156 cm³/mol. The Kier molecular flexibility index (Phi) is 5.37. The van der Waals surface area contributed by atoms with Gasteiger partial charge < -0.3 is 0 Å². The molecule has 1 aliphatic rings. The molecule has 0 aliphatic heterocycles. The van der Waals surface area contributed by atoms with Crippen LogP contribution in [-0.4, -0.2) is 4.98 Å². The number of hydrogen-bond acceptors (Lipinski definition) is 2. The van der Waals surface area contributed by atoms with E-state index in [-0.39, 0.29) is 0 Å². The quantitative estimate of drug-likeness (QED) is 0.241. The number of fused-ring (bicyclic) bond motifs is 3. The van der Waals surface area contributed by atoms with Gasteiger partial charge in [0.05, 0.1) is 5.41 Å². The van der Waals surface area contributed by atoms with Gasteiger partial charge in [-0.25, -0.2) is 4.98 Å². The Morgan fingerprint density at radius 2 is 1.03 bits per heavy atom. The molecule has 0 radical (unpaired) electrons. The van der Waals surface area contributed by atoms with Crippen LogP contribution in [0.3, 0.4) is 0 Å². The molecule has 0 N–H and O–H groups in total. The molecule has 1 heterocycles. The first-order valence-corrected chi connectivity index (χ1v) is 13.0. The van der Waals surface area contributed by atoms with Gasteiger partial charge in [0.25, 0.3) is 0 Å². The summed E-state index contributed by atoms with van der Waals surface area (Å²) in [5.41, 5.74) is 9.40. The van der Waals surface area contributed by atoms with Crippen molar-refractivity contribution >= 4 is 17.2 Å². The van der Waals surface area contributed by atoms with Crippen LogP contribution in [0.25, 0.3) is 11.1 Å². The molecule has 180 valence electrons. The summed E-state index contributed by atoms with van der Waals surface area (Å²) in [6.45, 7) is 0. The molecule has 2 nitrogen and oxygen atoms in total. The van der Waals surface area contributed by atoms with Gasteiger partial charge in [0.2, 0.25) is 0 Å². The SMILES string of the molecule is c1ccc(N(c2ccc3c(c2)C(c2ccccc2)(c2ccccc2)c2ccccc2-3)c2ccccn2)cc1. The fraction of sp³-hybridized carbons (Fsp3) is 0.0278. The minimum atomic E-state index is -0.434. The fourth-order valence-corrected chi connectivity index (χ4v) is 6.05. The van der Waals surface area contributed by atoms with Crippen molar-refractivity contribution in [1.29, 1.82) is 0 Å². The van der Waals surface area contributed by atoms with Crippen LogP contribution >= 0.6 is 0 Å². The number of aromatic nitrogens is 1.